The second-order valence-corrected chi connectivity index (χ2v) is 4.20. The van der Waals surface area contributed by atoms with Gasteiger partial charge in [-0.05, 0) is 37.1 Å². The van der Waals surface area contributed by atoms with E-state index in [0.29, 0.717) is 5.75 Å². The zero-order valence-electron chi connectivity index (χ0n) is 8.76. The number of hydrogen-bond acceptors (Lipinski definition) is 3. The highest BCUT2D eigenvalue weighted by Crippen LogP contribution is 2.15. The molecule has 1 heterocycles. The summed E-state index contributed by atoms with van der Waals surface area (Å²) in [6.45, 7) is 2.68. The summed E-state index contributed by atoms with van der Waals surface area (Å²) in [7, 11) is 0. The van der Waals surface area contributed by atoms with Gasteiger partial charge in [0, 0.05) is 13.1 Å². The Balaban J connectivity index is 1.93. The summed E-state index contributed by atoms with van der Waals surface area (Å²) >= 11 is 0. The molecule has 0 amide bonds. The van der Waals surface area contributed by atoms with E-state index in [2.05, 4.69) is 4.90 Å². The minimum atomic E-state index is -0.170. The van der Waals surface area contributed by atoms with Gasteiger partial charge in [-0.2, -0.15) is 0 Å². The fraction of sp³-hybridized carbons (Fsp3) is 0.500. The zero-order valence-corrected chi connectivity index (χ0v) is 8.76. The molecule has 0 aliphatic carbocycles. The van der Waals surface area contributed by atoms with Gasteiger partial charge in [0.1, 0.15) is 5.75 Å². The second kappa shape index (κ2) is 4.64. The molecule has 1 fully saturated rings. The summed E-state index contributed by atoms with van der Waals surface area (Å²) in [5.41, 5.74) is 1.18. The highest BCUT2D eigenvalue weighted by atomic mass is 16.3. The maximum atomic E-state index is 9.52. The van der Waals surface area contributed by atoms with Crippen molar-refractivity contribution >= 4 is 0 Å². The average molecular weight is 207 g/mol. The van der Waals surface area contributed by atoms with Crippen molar-refractivity contribution in [3.63, 3.8) is 0 Å². The standard InChI is InChI=1S/C12H17NO2/c14-11-5-3-10(4-6-11)8-13-7-1-2-12(15)9-13/h3-6,12,14-15H,1-2,7-9H2/t12-/m1/s1. The molecule has 3 nitrogen and oxygen atoms in total. The van der Waals surface area contributed by atoms with Crippen LogP contribution in [0.3, 0.4) is 0 Å². The van der Waals surface area contributed by atoms with E-state index in [1.165, 1.54) is 5.56 Å². The smallest absolute Gasteiger partial charge is 0.115 e. The van der Waals surface area contributed by atoms with Crippen molar-refractivity contribution in [1.29, 1.82) is 0 Å². The third-order valence-electron chi connectivity index (χ3n) is 2.82. The average Bonchev–Trinajstić information content (AvgIpc) is 2.22. The number of piperidine rings is 1. The number of aliphatic hydroxyl groups excluding tert-OH is 1. The van der Waals surface area contributed by atoms with Gasteiger partial charge in [0.15, 0.2) is 0 Å². The Morgan fingerprint density at radius 3 is 2.67 bits per heavy atom. The number of nitrogens with zero attached hydrogens (tertiary/aromatic N) is 1. The Hall–Kier alpha value is -1.06. The van der Waals surface area contributed by atoms with Crippen LogP contribution in [0.15, 0.2) is 24.3 Å². The Morgan fingerprint density at radius 1 is 1.27 bits per heavy atom. The Labute approximate surface area is 90.0 Å². The van der Waals surface area contributed by atoms with Gasteiger partial charge in [-0.3, -0.25) is 4.90 Å². The van der Waals surface area contributed by atoms with Gasteiger partial charge in [-0.25, -0.2) is 0 Å². The van der Waals surface area contributed by atoms with Crippen LogP contribution in [0.4, 0.5) is 0 Å². The Morgan fingerprint density at radius 2 is 2.00 bits per heavy atom. The molecule has 0 aromatic heterocycles. The molecule has 0 spiro atoms. The zero-order chi connectivity index (χ0) is 10.7. The number of rotatable bonds is 2. The maximum absolute atomic E-state index is 9.52. The molecule has 0 unspecified atom stereocenters. The number of benzene rings is 1. The quantitative estimate of drug-likeness (QED) is 0.769. The van der Waals surface area contributed by atoms with Gasteiger partial charge in [0.25, 0.3) is 0 Å². The molecular weight excluding hydrogens is 190 g/mol. The third kappa shape index (κ3) is 2.94. The van der Waals surface area contributed by atoms with Gasteiger partial charge >= 0.3 is 0 Å². The highest BCUT2D eigenvalue weighted by Gasteiger charge is 2.17. The number of likely N-dealkylation sites (tertiary alicyclic amines) is 1. The molecule has 1 aromatic carbocycles. The number of phenolic OH excluding ortho intramolecular Hbond substituents is 1. The molecule has 1 aliphatic heterocycles. The lowest BCUT2D eigenvalue weighted by atomic mass is 10.1. The monoisotopic (exact) mass is 207 g/mol. The number of β-amino-alcohol motifs (C(OH)–C–C–N with tert-alkyl or cyclic N) is 1. The number of hydrogen-bond donors (Lipinski definition) is 2. The predicted molar refractivity (Wildman–Crippen MR) is 58.6 cm³/mol. The van der Waals surface area contributed by atoms with E-state index in [1.807, 2.05) is 12.1 Å². The van der Waals surface area contributed by atoms with E-state index in [9.17, 15) is 5.11 Å². The molecule has 0 saturated carbocycles. The lowest BCUT2D eigenvalue weighted by Crippen LogP contribution is -2.37. The first-order valence-corrected chi connectivity index (χ1v) is 5.42. The SMILES string of the molecule is Oc1ccc(CN2CCC[C@@H](O)C2)cc1. The highest BCUT2D eigenvalue weighted by molar-refractivity contribution is 5.25. The molecule has 1 saturated heterocycles. The van der Waals surface area contributed by atoms with E-state index in [1.54, 1.807) is 12.1 Å². The minimum absolute atomic E-state index is 0.170. The predicted octanol–water partition coefficient (Wildman–Crippen LogP) is 1.35. The van der Waals surface area contributed by atoms with Crippen LogP contribution in [0.2, 0.25) is 0 Å². The molecule has 2 rings (SSSR count). The summed E-state index contributed by atoms with van der Waals surface area (Å²) in [6, 6.07) is 7.26. The summed E-state index contributed by atoms with van der Waals surface area (Å²) < 4.78 is 0. The van der Waals surface area contributed by atoms with E-state index < -0.39 is 0 Å². The van der Waals surface area contributed by atoms with Crippen LogP contribution >= 0.6 is 0 Å². The number of phenols is 1. The molecule has 15 heavy (non-hydrogen) atoms. The van der Waals surface area contributed by atoms with Crippen molar-refractivity contribution in [2.45, 2.75) is 25.5 Å². The van der Waals surface area contributed by atoms with E-state index in [4.69, 9.17) is 5.11 Å². The second-order valence-electron chi connectivity index (χ2n) is 4.20. The lowest BCUT2D eigenvalue weighted by molar-refractivity contribution is 0.0668. The van der Waals surface area contributed by atoms with Crippen molar-refractivity contribution in [1.82, 2.24) is 4.90 Å². The Kier molecular flexibility index (Phi) is 3.23. The van der Waals surface area contributed by atoms with Gasteiger partial charge in [-0.15, -0.1) is 0 Å². The van der Waals surface area contributed by atoms with Gasteiger partial charge in [0.2, 0.25) is 0 Å². The van der Waals surface area contributed by atoms with Crippen LogP contribution < -0.4 is 0 Å². The van der Waals surface area contributed by atoms with Crippen LogP contribution in [-0.2, 0) is 6.54 Å². The number of aliphatic hydroxyl groups is 1. The minimum Gasteiger partial charge on any atom is -0.508 e. The van der Waals surface area contributed by atoms with Gasteiger partial charge in [0.05, 0.1) is 6.10 Å². The van der Waals surface area contributed by atoms with Crippen LogP contribution in [-0.4, -0.2) is 34.3 Å². The molecule has 0 radical (unpaired) electrons. The molecule has 1 aromatic rings. The molecule has 0 bridgehead atoms. The maximum Gasteiger partial charge on any atom is 0.115 e. The van der Waals surface area contributed by atoms with Crippen molar-refractivity contribution in [3.05, 3.63) is 29.8 Å². The van der Waals surface area contributed by atoms with E-state index >= 15 is 0 Å². The largest absolute Gasteiger partial charge is 0.508 e. The first kappa shape index (κ1) is 10.5. The lowest BCUT2D eigenvalue weighted by Gasteiger charge is -2.29. The van der Waals surface area contributed by atoms with Crippen LogP contribution in [0.25, 0.3) is 0 Å². The molecule has 1 aliphatic rings. The molecule has 82 valence electrons. The van der Waals surface area contributed by atoms with Crippen molar-refractivity contribution < 1.29 is 10.2 Å². The summed E-state index contributed by atoms with van der Waals surface area (Å²) in [5, 5.41) is 18.7. The van der Waals surface area contributed by atoms with Crippen LogP contribution in [0.1, 0.15) is 18.4 Å². The van der Waals surface area contributed by atoms with Gasteiger partial charge in [-0.1, -0.05) is 12.1 Å². The first-order chi connectivity index (χ1) is 7.24. The van der Waals surface area contributed by atoms with Crippen LogP contribution in [0, 0.1) is 0 Å². The summed E-state index contributed by atoms with van der Waals surface area (Å²) in [4.78, 5) is 2.25. The van der Waals surface area contributed by atoms with Crippen LogP contribution in [0.5, 0.6) is 5.75 Å². The normalized spacial score (nSPS) is 22.9. The fourth-order valence-corrected chi connectivity index (χ4v) is 2.03. The van der Waals surface area contributed by atoms with Crippen molar-refractivity contribution in [3.8, 4) is 5.75 Å². The van der Waals surface area contributed by atoms with Crippen molar-refractivity contribution in [2.75, 3.05) is 13.1 Å². The molecule has 3 heteroatoms. The summed E-state index contributed by atoms with van der Waals surface area (Å²) in [5.74, 6) is 0.303. The van der Waals surface area contributed by atoms with Crippen molar-refractivity contribution in [2.24, 2.45) is 0 Å². The third-order valence-corrected chi connectivity index (χ3v) is 2.82. The molecule has 2 N–H and O–H groups in total. The van der Waals surface area contributed by atoms with Gasteiger partial charge < -0.3 is 10.2 Å². The van der Waals surface area contributed by atoms with E-state index in [-0.39, 0.29) is 6.10 Å². The summed E-state index contributed by atoms with van der Waals surface area (Å²) in [6.07, 6.45) is 1.82. The van der Waals surface area contributed by atoms with E-state index in [0.717, 1.165) is 32.5 Å². The first-order valence-electron chi connectivity index (χ1n) is 5.42. The topological polar surface area (TPSA) is 43.7 Å². The number of aromatic hydroxyl groups is 1. The fourth-order valence-electron chi connectivity index (χ4n) is 2.03. The Bertz CT molecular complexity index is 310. The molecular formula is C12H17NO2. The molecule has 1 atom stereocenters.